The van der Waals surface area contributed by atoms with Crippen LogP contribution in [0.5, 0.6) is 0 Å². The van der Waals surface area contributed by atoms with Crippen molar-refractivity contribution < 1.29 is 28.5 Å². The van der Waals surface area contributed by atoms with Gasteiger partial charge in [-0.3, -0.25) is 9.59 Å². The lowest BCUT2D eigenvalue weighted by Gasteiger charge is -2.45. The fourth-order valence-electron chi connectivity index (χ4n) is 4.46. The Kier molecular flexibility index (Phi) is 14.2. The summed E-state index contributed by atoms with van der Waals surface area (Å²) in [5, 5.41) is 6.53. The normalized spacial score (nSPS) is 24.6. The van der Waals surface area contributed by atoms with Gasteiger partial charge in [-0.1, -0.05) is 76.5 Å². The molecule has 0 aromatic heterocycles. The fourth-order valence-corrected chi connectivity index (χ4v) is 4.46. The lowest BCUT2D eigenvalue weighted by molar-refractivity contribution is -0.253. The van der Waals surface area contributed by atoms with Crippen LogP contribution in [-0.2, 0) is 35.1 Å². The fraction of sp³-hybridized carbons (Fsp3) is 0.714. The Morgan fingerprint density at radius 1 is 1.16 bits per heavy atom. The molecule has 1 aromatic rings. The molecule has 1 aromatic carbocycles. The average molecular weight is 533 g/mol. The number of azide groups is 1. The van der Waals surface area contributed by atoms with Gasteiger partial charge in [-0.05, 0) is 29.9 Å². The standard InChI is InChI=1S/C28H44N4O6/c1-6-19(4)16-25(34)38-27-20(5)23(8-3)37-28(35-15-14-30-32-29)26(27)31-24(33)17-22(7-2)36-18-21-12-10-9-11-13-21/h9-13,19-20,22-23,26-28H,6-8,14-18H2,1-5H3,(H,31,33)/t19-,20-,22-,23?,26?,27+,28+/m1/s1. The summed E-state index contributed by atoms with van der Waals surface area (Å²) in [6.07, 6.45) is 0.643. The quantitative estimate of drug-likeness (QED) is 0.101. The Morgan fingerprint density at radius 3 is 2.53 bits per heavy atom. The second-order valence-corrected chi connectivity index (χ2v) is 9.93. The van der Waals surface area contributed by atoms with Crippen LogP contribution in [0.2, 0.25) is 0 Å². The Morgan fingerprint density at radius 2 is 1.89 bits per heavy atom. The van der Waals surface area contributed by atoms with E-state index in [2.05, 4.69) is 15.3 Å². The van der Waals surface area contributed by atoms with Crippen LogP contribution in [0.25, 0.3) is 10.4 Å². The Balaban J connectivity index is 2.16. The van der Waals surface area contributed by atoms with Gasteiger partial charge in [0.2, 0.25) is 5.91 Å². The zero-order valence-corrected chi connectivity index (χ0v) is 23.4. The summed E-state index contributed by atoms with van der Waals surface area (Å²) in [7, 11) is 0. The Hall–Kier alpha value is -2.65. The van der Waals surface area contributed by atoms with Crippen LogP contribution in [0.4, 0.5) is 0 Å². The Labute approximate surface area is 226 Å². The number of ether oxygens (including phenoxy) is 4. The van der Waals surface area contributed by atoms with Gasteiger partial charge in [0.05, 0.1) is 31.8 Å². The van der Waals surface area contributed by atoms with E-state index >= 15 is 0 Å². The van der Waals surface area contributed by atoms with E-state index in [9.17, 15) is 9.59 Å². The highest BCUT2D eigenvalue weighted by Crippen LogP contribution is 2.31. The van der Waals surface area contributed by atoms with Gasteiger partial charge in [-0.15, -0.1) is 0 Å². The maximum atomic E-state index is 13.2. The van der Waals surface area contributed by atoms with Crippen molar-refractivity contribution in [1.82, 2.24) is 5.32 Å². The minimum Gasteiger partial charge on any atom is -0.460 e. The predicted molar refractivity (Wildman–Crippen MR) is 144 cm³/mol. The molecule has 1 saturated heterocycles. The summed E-state index contributed by atoms with van der Waals surface area (Å²) in [4.78, 5) is 28.8. The van der Waals surface area contributed by atoms with E-state index in [1.165, 1.54) is 0 Å². The molecular weight excluding hydrogens is 488 g/mol. The van der Waals surface area contributed by atoms with Gasteiger partial charge in [0.25, 0.3) is 0 Å². The minimum atomic E-state index is -0.860. The van der Waals surface area contributed by atoms with Gasteiger partial charge in [-0.25, -0.2) is 0 Å². The van der Waals surface area contributed by atoms with E-state index in [4.69, 9.17) is 24.5 Å². The smallest absolute Gasteiger partial charge is 0.306 e. The van der Waals surface area contributed by atoms with E-state index in [1.807, 2.05) is 65.0 Å². The number of carbonyl (C=O) groups excluding carboxylic acids is 2. The highest BCUT2D eigenvalue weighted by Gasteiger charge is 2.46. The molecule has 1 aliphatic heterocycles. The molecule has 2 rings (SSSR count). The molecule has 0 bridgehead atoms. The van der Waals surface area contributed by atoms with Crippen LogP contribution in [0.3, 0.4) is 0 Å². The molecule has 1 fully saturated rings. The van der Waals surface area contributed by atoms with E-state index in [0.717, 1.165) is 12.0 Å². The van der Waals surface area contributed by atoms with Crippen LogP contribution < -0.4 is 5.32 Å². The SMILES string of the molecule is CCC1O[C@H](OCCN=[N+]=[N-])C(NC(=O)C[C@@H](CC)OCc2ccccc2)[C@@H](OC(=O)C[C@H](C)CC)[C@@H]1C. The van der Waals surface area contributed by atoms with E-state index in [-0.39, 0.29) is 55.5 Å². The largest absolute Gasteiger partial charge is 0.460 e. The van der Waals surface area contributed by atoms with Crippen LogP contribution in [0.1, 0.15) is 72.3 Å². The molecule has 1 heterocycles. The lowest BCUT2D eigenvalue weighted by Crippen LogP contribution is -2.62. The summed E-state index contributed by atoms with van der Waals surface area (Å²) >= 11 is 0. The number of esters is 1. The van der Waals surface area contributed by atoms with Gasteiger partial charge in [0, 0.05) is 23.8 Å². The molecule has 1 amide bonds. The first-order valence-corrected chi connectivity index (χ1v) is 13.7. The highest BCUT2D eigenvalue weighted by molar-refractivity contribution is 5.77. The monoisotopic (exact) mass is 532 g/mol. The van der Waals surface area contributed by atoms with Crippen LogP contribution in [-0.4, -0.2) is 55.7 Å². The molecule has 1 N–H and O–H groups in total. The number of nitrogens with one attached hydrogen (secondary N) is 1. The Bertz CT molecular complexity index is 895. The molecule has 212 valence electrons. The van der Waals surface area contributed by atoms with Crippen LogP contribution in [0.15, 0.2) is 35.4 Å². The zero-order chi connectivity index (χ0) is 27.9. The first-order valence-electron chi connectivity index (χ1n) is 13.7. The average Bonchev–Trinajstić information content (AvgIpc) is 2.92. The van der Waals surface area contributed by atoms with Crippen molar-refractivity contribution in [1.29, 1.82) is 0 Å². The zero-order valence-electron chi connectivity index (χ0n) is 23.4. The third-order valence-corrected chi connectivity index (χ3v) is 7.00. The molecule has 1 aliphatic rings. The highest BCUT2D eigenvalue weighted by atomic mass is 16.7. The summed E-state index contributed by atoms with van der Waals surface area (Å²) in [6, 6.07) is 9.08. The topological polar surface area (TPSA) is 132 Å². The van der Waals surface area contributed by atoms with Gasteiger partial charge >= 0.3 is 5.97 Å². The van der Waals surface area contributed by atoms with E-state index in [0.29, 0.717) is 25.9 Å². The van der Waals surface area contributed by atoms with Crippen molar-refractivity contribution in [2.45, 2.75) is 104 Å². The number of hydrogen-bond donors (Lipinski definition) is 1. The summed E-state index contributed by atoms with van der Waals surface area (Å²) in [6.45, 7) is 10.6. The summed E-state index contributed by atoms with van der Waals surface area (Å²) in [5.41, 5.74) is 9.63. The number of rotatable bonds is 16. The van der Waals surface area contributed by atoms with Crippen molar-refractivity contribution >= 4 is 11.9 Å². The molecule has 0 spiro atoms. The van der Waals surface area contributed by atoms with Gasteiger partial charge in [-0.2, -0.15) is 0 Å². The van der Waals surface area contributed by atoms with Gasteiger partial charge in [0.1, 0.15) is 12.1 Å². The van der Waals surface area contributed by atoms with Crippen molar-refractivity contribution in [3.05, 3.63) is 46.3 Å². The first kappa shape index (κ1) is 31.6. The molecule has 0 saturated carbocycles. The maximum absolute atomic E-state index is 13.2. The molecule has 10 heteroatoms. The molecule has 0 aliphatic carbocycles. The van der Waals surface area contributed by atoms with Crippen molar-refractivity contribution in [3.63, 3.8) is 0 Å². The van der Waals surface area contributed by atoms with Crippen LogP contribution >= 0.6 is 0 Å². The number of amides is 1. The van der Waals surface area contributed by atoms with E-state index < -0.39 is 18.4 Å². The molecule has 2 unspecified atom stereocenters. The third kappa shape index (κ3) is 10.3. The number of hydrogen-bond acceptors (Lipinski definition) is 7. The van der Waals surface area contributed by atoms with Gasteiger partial charge in [0.15, 0.2) is 6.29 Å². The molecule has 38 heavy (non-hydrogen) atoms. The van der Waals surface area contributed by atoms with Gasteiger partial charge < -0.3 is 24.3 Å². The maximum Gasteiger partial charge on any atom is 0.306 e. The number of carbonyl (C=O) groups is 2. The minimum absolute atomic E-state index is 0.108. The number of nitrogens with zero attached hydrogens (tertiary/aromatic N) is 3. The molecule has 10 nitrogen and oxygen atoms in total. The van der Waals surface area contributed by atoms with E-state index in [1.54, 1.807) is 0 Å². The summed E-state index contributed by atoms with van der Waals surface area (Å²) < 4.78 is 24.1. The number of benzene rings is 1. The third-order valence-electron chi connectivity index (χ3n) is 7.00. The second-order valence-electron chi connectivity index (χ2n) is 9.93. The van der Waals surface area contributed by atoms with Crippen LogP contribution in [0, 0.1) is 11.8 Å². The van der Waals surface area contributed by atoms with Crippen molar-refractivity contribution in [2.75, 3.05) is 13.2 Å². The molecule has 7 atom stereocenters. The second kappa shape index (κ2) is 17.0. The first-order chi connectivity index (χ1) is 18.3. The molecular formula is C28H44N4O6. The summed E-state index contributed by atoms with van der Waals surface area (Å²) in [5.74, 6) is -0.528. The lowest BCUT2D eigenvalue weighted by atomic mass is 9.87. The van der Waals surface area contributed by atoms with Crippen molar-refractivity contribution in [2.24, 2.45) is 17.0 Å². The van der Waals surface area contributed by atoms with Crippen molar-refractivity contribution in [3.8, 4) is 0 Å². The molecule has 0 radical (unpaired) electrons. The predicted octanol–water partition coefficient (Wildman–Crippen LogP) is 5.30.